The van der Waals surface area contributed by atoms with Gasteiger partial charge in [-0.25, -0.2) is 12.7 Å². The van der Waals surface area contributed by atoms with Gasteiger partial charge in [-0.15, -0.1) is 12.4 Å². The van der Waals surface area contributed by atoms with E-state index in [-0.39, 0.29) is 44.4 Å². The van der Waals surface area contributed by atoms with Gasteiger partial charge in [0.15, 0.2) is 4.75 Å². The van der Waals surface area contributed by atoms with Crippen molar-refractivity contribution in [2.75, 3.05) is 33.4 Å². The Kier molecular flexibility index (Phi) is 8.29. The summed E-state index contributed by atoms with van der Waals surface area (Å²) in [6, 6.07) is 6.20. The average Bonchev–Trinajstić information content (AvgIpc) is 2.69. The summed E-state index contributed by atoms with van der Waals surface area (Å²) in [5, 5.41) is 10.6. The van der Waals surface area contributed by atoms with Crippen molar-refractivity contribution in [3.63, 3.8) is 0 Å². The lowest BCUT2D eigenvalue weighted by molar-refractivity contribution is -0.123. The smallest absolute Gasteiger partial charge is 0.240 e. The van der Waals surface area contributed by atoms with E-state index in [1.54, 1.807) is 7.05 Å². The molecule has 1 aromatic carbocycles. The first kappa shape index (κ1) is 25.0. The minimum atomic E-state index is -3.83. The molecule has 0 spiro atoms. The fourth-order valence-electron chi connectivity index (χ4n) is 4.41. The number of amides is 1. The fraction of sp³-hybridized carbons (Fsp3) is 0.650. The lowest BCUT2D eigenvalue weighted by Gasteiger charge is -2.40. The fourth-order valence-corrected chi connectivity index (χ4v) is 6.53. The van der Waals surface area contributed by atoms with E-state index in [1.165, 1.54) is 9.87 Å². The topological polar surface area (TPSA) is 113 Å². The van der Waals surface area contributed by atoms with Gasteiger partial charge in [0.05, 0.1) is 0 Å². The van der Waals surface area contributed by atoms with Crippen LogP contribution in [0.2, 0.25) is 0 Å². The molecule has 1 amide bonds. The second kappa shape index (κ2) is 9.93. The second-order valence-electron chi connectivity index (χ2n) is 8.15. The highest BCUT2D eigenvalue weighted by atomic mass is 35.5. The number of nitrogens with zero attached hydrogens (tertiary/aromatic N) is 2. The zero-order chi connectivity index (χ0) is 21.2. The number of halogens is 1. The lowest BCUT2D eigenvalue weighted by atomic mass is 9.88. The van der Waals surface area contributed by atoms with Crippen LogP contribution in [0.1, 0.15) is 48.3 Å². The third-order valence-corrected chi connectivity index (χ3v) is 8.92. The van der Waals surface area contributed by atoms with Gasteiger partial charge in [0.1, 0.15) is 0 Å². The van der Waals surface area contributed by atoms with Crippen molar-refractivity contribution in [1.82, 2.24) is 9.37 Å². The van der Waals surface area contributed by atoms with Crippen molar-refractivity contribution in [2.45, 2.75) is 49.8 Å². The van der Waals surface area contributed by atoms with Crippen LogP contribution in [-0.4, -0.2) is 67.0 Å². The van der Waals surface area contributed by atoms with Crippen LogP contribution in [0.25, 0.3) is 0 Å². The van der Waals surface area contributed by atoms with Crippen LogP contribution in [0.5, 0.6) is 0 Å². The molecule has 2 aliphatic rings. The Hall–Kier alpha value is -1.23. The number of rotatable bonds is 6. The van der Waals surface area contributed by atoms with E-state index in [2.05, 4.69) is 12.1 Å². The number of primary amides is 1. The number of aryl methyl sites for hydroxylation is 1. The number of carbonyl (C=O) groups is 1. The van der Waals surface area contributed by atoms with Gasteiger partial charge in [-0.1, -0.05) is 18.2 Å². The van der Waals surface area contributed by atoms with Crippen LogP contribution in [0.4, 0.5) is 0 Å². The highest BCUT2D eigenvalue weighted by molar-refractivity contribution is 7.91. The van der Waals surface area contributed by atoms with Gasteiger partial charge in [0.2, 0.25) is 15.9 Å². The minimum absolute atomic E-state index is 0. The number of ether oxygens (including phenoxy) is 1. The van der Waals surface area contributed by atoms with Crippen LogP contribution in [-0.2, 0) is 26.1 Å². The molecule has 0 radical (unpaired) electrons. The first-order valence-corrected chi connectivity index (χ1v) is 11.5. The standard InChI is InChI=1S/C20H31N3O5S.ClH/c1-15-13-17(3-4-18(15)14-22(2)25)16-5-9-23(10-6-16)29(26,27)20(19(21)24)7-11-28-12-8-20;/h3-4,13,16,25H,5-12,14H2,1-2H3,(H2,21,24);1H. The predicted octanol–water partition coefficient (Wildman–Crippen LogP) is 1.78. The summed E-state index contributed by atoms with van der Waals surface area (Å²) in [5.41, 5.74) is 8.90. The lowest BCUT2D eigenvalue weighted by Crippen LogP contribution is -2.59. The average molecular weight is 462 g/mol. The van der Waals surface area contributed by atoms with Gasteiger partial charge < -0.3 is 15.7 Å². The van der Waals surface area contributed by atoms with E-state index in [1.807, 2.05) is 13.0 Å². The van der Waals surface area contributed by atoms with Crippen LogP contribution in [0, 0.1) is 6.92 Å². The Balaban J connectivity index is 0.00000320. The monoisotopic (exact) mass is 461 g/mol. The predicted molar refractivity (Wildman–Crippen MR) is 116 cm³/mol. The second-order valence-corrected chi connectivity index (χ2v) is 10.4. The molecule has 0 aliphatic carbocycles. The van der Waals surface area contributed by atoms with Crippen molar-refractivity contribution in [2.24, 2.45) is 5.73 Å². The molecule has 0 bridgehead atoms. The molecule has 0 aromatic heterocycles. The summed E-state index contributed by atoms with van der Waals surface area (Å²) in [7, 11) is -2.22. The molecule has 2 heterocycles. The molecule has 10 heteroatoms. The molecule has 3 rings (SSSR count). The Labute approximate surface area is 184 Å². The maximum absolute atomic E-state index is 13.3. The van der Waals surface area contributed by atoms with Gasteiger partial charge in [-0.2, -0.15) is 5.06 Å². The molecule has 2 fully saturated rings. The highest BCUT2D eigenvalue weighted by Gasteiger charge is 2.53. The number of carbonyl (C=O) groups excluding carboxylic acids is 1. The number of nitrogens with two attached hydrogens (primary N) is 1. The molecule has 0 saturated carbocycles. The van der Waals surface area contributed by atoms with Crippen LogP contribution < -0.4 is 5.73 Å². The Bertz CT molecular complexity index is 848. The molecule has 1 aromatic rings. The number of hydrogen-bond acceptors (Lipinski definition) is 6. The molecule has 0 unspecified atom stereocenters. The summed E-state index contributed by atoms with van der Waals surface area (Å²) >= 11 is 0. The van der Waals surface area contributed by atoms with Gasteiger partial charge in [0, 0.05) is 52.7 Å². The van der Waals surface area contributed by atoms with E-state index in [0.29, 0.717) is 32.5 Å². The number of piperidine rings is 1. The minimum Gasteiger partial charge on any atom is -0.381 e. The van der Waals surface area contributed by atoms with Crippen molar-refractivity contribution in [3.05, 3.63) is 34.9 Å². The van der Waals surface area contributed by atoms with E-state index in [4.69, 9.17) is 10.5 Å². The molecule has 0 atom stereocenters. The Morgan fingerprint density at radius 2 is 1.90 bits per heavy atom. The third-order valence-electron chi connectivity index (χ3n) is 6.27. The highest BCUT2D eigenvalue weighted by Crippen LogP contribution is 2.36. The Morgan fingerprint density at radius 3 is 2.40 bits per heavy atom. The van der Waals surface area contributed by atoms with Crippen molar-refractivity contribution >= 4 is 28.3 Å². The van der Waals surface area contributed by atoms with Crippen LogP contribution >= 0.6 is 12.4 Å². The number of hydroxylamine groups is 2. The van der Waals surface area contributed by atoms with Gasteiger partial charge in [-0.05, 0) is 42.4 Å². The van der Waals surface area contributed by atoms with Gasteiger partial charge in [-0.3, -0.25) is 4.79 Å². The molecule has 3 N–H and O–H groups in total. The summed E-state index contributed by atoms with van der Waals surface area (Å²) < 4.78 is 31.7. The molecular formula is C20H32ClN3O5S. The van der Waals surface area contributed by atoms with Crippen LogP contribution in [0.15, 0.2) is 18.2 Å². The van der Waals surface area contributed by atoms with Crippen molar-refractivity contribution in [1.29, 1.82) is 0 Å². The molecule has 2 aliphatic heterocycles. The molecular weight excluding hydrogens is 430 g/mol. The van der Waals surface area contributed by atoms with Crippen molar-refractivity contribution < 1.29 is 23.2 Å². The summed E-state index contributed by atoms with van der Waals surface area (Å²) in [5.74, 6) is -0.511. The Morgan fingerprint density at radius 1 is 1.30 bits per heavy atom. The van der Waals surface area contributed by atoms with E-state index >= 15 is 0 Å². The molecule has 170 valence electrons. The quantitative estimate of drug-likeness (QED) is 0.624. The number of sulfonamides is 1. The number of benzene rings is 1. The van der Waals surface area contributed by atoms with Gasteiger partial charge in [0.25, 0.3) is 0 Å². The van der Waals surface area contributed by atoms with E-state index in [9.17, 15) is 18.4 Å². The normalized spacial score (nSPS) is 20.7. The van der Waals surface area contributed by atoms with Gasteiger partial charge >= 0.3 is 0 Å². The largest absolute Gasteiger partial charge is 0.381 e. The van der Waals surface area contributed by atoms with Crippen LogP contribution in [0.3, 0.4) is 0 Å². The van der Waals surface area contributed by atoms with Crippen molar-refractivity contribution in [3.8, 4) is 0 Å². The number of hydrogen-bond donors (Lipinski definition) is 2. The van der Waals surface area contributed by atoms with E-state index in [0.717, 1.165) is 16.2 Å². The first-order chi connectivity index (χ1) is 13.7. The zero-order valence-electron chi connectivity index (χ0n) is 17.5. The maximum Gasteiger partial charge on any atom is 0.240 e. The van der Waals surface area contributed by atoms with E-state index < -0.39 is 20.7 Å². The summed E-state index contributed by atoms with van der Waals surface area (Å²) in [4.78, 5) is 12.1. The molecule has 2 saturated heterocycles. The SMILES string of the molecule is Cc1cc(C2CCN(S(=O)(=O)C3(C(N)=O)CCOCC3)CC2)ccc1CN(C)O.Cl. The summed E-state index contributed by atoms with van der Waals surface area (Å²) in [6.07, 6.45) is 1.63. The first-order valence-electron chi connectivity index (χ1n) is 10.0. The maximum atomic E-state index is 13.3. The third kappa shape index (κ3) is 4.81. The summed E-state index contributed by atoms with van der Waals surface area (Å²) in [6.45, 7) is 3.69. The zero-order valence-corrected chi connectivity index (χ0v) is 19.2. The molecule has 30 heavy (non-hydrogen) atoms. The molecule has 8 nitrogen and oxygen atoms in total.